The smallest absolute Gasteiger partial charge is 0.337 e. The maximum absolute atomic E-state index is 12.1. The van der Waals surface area contributed by atoms with Gasteiger partial charge in [0, 0.05) is 21.5 Å². The predicted molar refractivity (Wildman–Crippen MR) is 105 cm³/mol. The Morgan fingerprint density at radius 1 is 0.962 bits per heavy atom. The van der Waals surface area contributed by atoms with Gasteiger partial charge in [0.05, 0.1) is 12.7 Å². The second kappa shape index (κ2) is 8.27. The van der Waals surface area contributed by atoms with Gasteiger partial charge in [-0.2, -0.15) is 0 Å². The molecule has 26 heavy (non-hydrogen) atoms. The second-order valence-electron chi connectivity index (χ2n) is 5.46. The van der Waals surface area contributed by atoms with Gasteiger partial charge in [-0.15, -0.1) is 11.3 Å². The highest BCUT2D eigenvalue weighted by Crippen LogP contribution is 2.28. The lowest BCUT2D eigenvalue weighted by atomic mass is 10.2. The molecule has 1 aromatic heterocycles. The summed E-state index contributed by atoms with van der Waals surface area (Å²) in [5, 5.41) is 2.76. The Labute approximate surface area is 155 Å². The van der Waals surface area contributed by atoms with E-state index < -0.39 is 5.97 Å². The fraction of sp³-hybridized carbons (Fsp3) is 0.0476. The molecule has 0 aliphatic heterocycles. The number of nitrogens with one attached hydrogen (secondary N) is 1. The third-order valence-electron chi connectivity index (χ3n) is 3.66. The first-order valence-corrected chi connectivity index (χ1v) is 8.80. The van der Waals surface area contributed by atoms with E-state index >= 15 is 0 Å². The number of hydrogen-bond donors (Lipinski definition) is 1. The van der Waals surface area contributed by atoms with Crippen LogP contribution in [0.15, 0.2) is 72.8 Å². The van der Waals surface area contributed by atoms with Gasteiger partial charge >= 0.3 is 5.97 Å². The summed E-state index contributed by atoms with van der Waals surface area (Å²) in [6.07, 6.45) is 3.28. The molecule has 0 aliphatic carbocycles. The van der Waals surface area contributed by atoms with E-state index in [2.05, 4.69) is 22.2 Å². The van der Waals surface area contributed by atoms with Gasteiger partial charge in [0.25, 0.3) is 0 Å². The second-order valence-corrected chi connectivity index (χ2v) is 6.57. The number of anilines is 1. The van der Waals surface area contributed by atoms with Crippen molar-refractivity contribution < 1.29 is 14.3 Å². The molecule has 1 amide bonds. The van der Waals surface area contributed by atoms with Crippen LogP contribution in [-0.2, 0) is 9.53 Å². The van der Waals surface area contributed by atoms with Crippen molar-refractivity contribution in [2.75, 3.05) is 12.4 Å². The molecule has 3 aromatic rings. The Kier molecular flexibility index (Phi) is 5.61. The van der Waals surface area contributed by atoms with E-state index in [0.29, 0.717) is 11.3 Å². The molecular formula is C21H17NO3S. The Morgan fingerprint density at radius 2 is 1.69 bits per heavy atom. The fourth-order valence-electron chi connectivity index (χ4n) is 2.35. The molecule has 4 nitrogen and oxygen atoms in total. The highest BCUT2D eigenvalue weighted by Gasteiger charge is 2.05. The number of carbonyl (C=O) groups excluding carboxylic acids is 2. The normalized spacial score (nSPS) is 10.7. The van der Waals surface area contributed by atoms with E-state index in [1.165, 1.54) is 13.2 Å². The van der Waals surface area contributed by atoms with Crippen LogP contribution < -0.4 is 5.32 Å². The molecule has 0 unspecified atom stereocenters. The lowest BCUT2D eigenvalue weighted by Crippen LogP contribution is -2.08. The molecule has 130 valence electrons. The molecular weight excluding hydrogens is 346 g/mol. The lowest BCUT2D eigenvalue weighted by molar-refractivity contribution is -0.111. The molecule has 1 N–H and O–H groups in total. The van der Waals surface area contributed by atoms with Crippen molar-refractivity contribution in [1.29, 1.82) is 0 Å². The average Bonchev–Trinajstić information content (AvgIpc) is 3.16. The number of carbonyl (C=O) groups is 2. The van der Waals surface area contributed by atoms with Crippen LogP contribution in [0.25, 0.3) is 16.5 Å². The number of ether oxygens (including phenoxy) is 1. The number of thiophene rings is 1. The van der Waals surface area contributed by atoms with Crippen LogP contribution in [0.4, 0.5) is 5.69 Å². The third kappa shape index (κ3) is 4.46. The van der Waals surface area contributed by atoms with Crippen molar-refractivity contribution >= 4 is 35.0 Å². The zero-order valence-electron chi connectivity index (χ0n) is 14.1. The molecule has 1 heterocycles. The summed E-state index contributed by atoms with van der Waals surface area (Å²) >= 11 is 1.62. The molecule has 3 rings (SSSR count). The van der Waals surface area contributed by atoms with Gasteiger partial charge < -0.3 is 10.1 Å². The van der Waals surface area contributed by atoms with E-state index in [9.17, 15) is 9.59 Å². The van der Waals surface area contributed by atoms with E-state index in [-0.39, 0.29) is 5.91 Å². The monoisotopic (exact) mass is 363 g/mol. The summed E-state index contributed by atoms with van der Waals surface area (Å²) < 4.78 is 4.64. The molecule has 0 atom stereocenters. The number of hydrogen-bond acceptors (Lipinski definition) is 4. The third-order valence-corrected chi connectivity index (χ3v) is 4.76. The van der Waals surface area contributed by atoms with Crippen molar-refractivity contribution in [1.82, 2.24) is 0 Å². The summed E-state index contributed by atoms with van der Waals surface area (Å²) in [4.78, 5) is 25.6. The van der Waals surface area contributed by atoms with Crippen LogP contribution in [0.5, 0.6) is 0 Å². The van der Waals surface area contributed by atoms with Crippen molar-refractivity contribution in [2.45, 2.75) is 0 Å². The summed E-state index contributed by atoms with van der Waals surface area (Å²) in [6, 6.07) is 20.7. The summed E-state index contributed by atoms with van der Waals surface area (Å²) in [5.41, 5.74) is 2.21. The van der Waals surface area contributed by atoms with E-state index in [1.54, 1.807) is 41.7 Å². The van der Waals surface area contributed by atoms with Gasteiger partial charge in [-0.1, -0.05) is 30.3 Å². The Hall–Kier alpha value is -3.18. The molecule has 0 saturated heterocycles. The van der Waals surface area contributed by atoms with Crippen LogP contribution in [0, 0.1) is 0 Å². The van der Waals surface area contributed by atoms with Gasteiger partial charge in [0.2, 0.25) is 5.91 Å². The fourth-order valence-corrected chi connectivity index (χ4v) is 3.27. The summed E-state index contributed by atoms with van der Waals surface area (Å²) in [6.45, 7) is 0. The van der Waals surface area contributed by atoms with Gasteiger partial charge in [0.15, 0.2) is 0 Å². The SMILES string of the molecule is COC(=O)c1ccc(NC(=O)/C=C/c2ccc(-c3ccccc3)s2)cc1. The zero-order valence-corrected chi connectivity index (χ0v) is 15.0. The number of rotatable bonds is 5. The summed E-state index contributed by atoms with van der Waals surface area (Å²) in [7, 11) is 1.33. The van der Waals surface area contributed by atoms with Gasteiger partial charge in [-0.05, 0) is 48.0 Å². The minimum Gasteiger partial charge on any atom is -0.465 e. The molecule has 0 aliphatic rings. The molecule has 0 bridgehead atoms. The minimum absolute atomic E-state index is 0.231. The van der Waals surface area contributed by atoms with Crippen molar-refractivity contribution in [3.05, 3.63) is 83.2 Å². The Morgan fingerprint density at radius 3 is 2.38 bits per heavy atom. The van der Waals surface area contributed by atoms with E-state index in [0.717, 1.165) is 15.3 Å². The molecule has 0 spiro atoms. The Bertz CT molecular complexity index is 927. The highest BCUT2D eigenvalue weighted by molar-refractivity contribution is 7.16. The van der Waals surface area contributed by atoms with E-state index in [4.69, 9.17) is 0 Å². The molecule has 2 aromatic carbocycles. The molecule has 5 heteroatoms. The van der Waals surface area contributed by atoms with Crippen molar-refractivity contribution in [2.24, 2.45) is 0 Å². The average molecular weight is 363 g/mol. The number of methoxy groups -OCH3 is 1. The molecule has 0 fully saturated rings. The number of esters is 1. The van der Waals surface area contributed by atoms with Crippen LogP contribution in [0.3, 0.4) is 0 Å². The number of benzene rings is 2. The van der Waals surface area contributed by atoms with Gasteiger partial charge in [-0.25, -0.2) is 4.79 Å². The standard InChI is InChI=1S/C21H17NO3S/c1-25-21(24)16-7-9-17(10-8-16)22-20(23)14-12-18-11-13-19(26-18)15-5-3-2-4-6-15/h2-14H,1H3,(H,22,23)/b14-12+. The first-order valence-electron chi connectivity index (χ1n) is 7.98. The maximum atomic E-state index is 12.1. The van der Waals surface area contributed by atoms with Crippen LogP contribution >= 0.6 is 11.3 Å². The number of amides is 1. The first kappa shape index (κ1) is 17.6. The molecule has 0 radical (unpaired) electrons. The van der Waals surface area contributed by atoms with Crippen LogP contribution in [0.2, 0.25) is 0 Å². The maximum Gasteiger partial charge on any atom is 0.337 e. The van der Waals surface area contributed by atoms with Crippen LogP contribution in [-0.4, -0.2) is 19.0 Å². The van der Waals surface area contributed by atoms with E-state index in [1.807, 2.05) is 30.3 Å². The Balaban J connectivity index is 1.61. The van der Waals surface area contributed by atoms with Gasteiger partial charge in [-0.3, -0.25) is 4.79 Å². The largest absolute Gasteiger partial charge is 0.465 e. The first-order chi connectivity index (χ1) is 12.7. The minimum atomic E-state index is -0.408. The topological polar surface area (TPSA) is 55.4 Å². The molecule has 0 saturated carbocycles. The lowest BCUT2D eigenvalue weighted by Gasteiger charge is -2.03. The quantitative estimate of drug-likeness (QED) is 0.520. The highest BCUT2D eigenvalue weighted by atomic mass is 32.1. The van der Waals surface area contributed by atoms with Gasteiger partial charge in [0.1, 0.15) is 0 Å². The summed E-state index contributed by atoms with van der Waals surface area (Å²) in [5.74, 6) is -0.639. The predicted octanol–water partition coefficient (Wildman–Crippen LogP) is 4.85. The zero-order chi connectivity index (χ0) is 18.4. The van der Waals surface area contributed by atoms with Crippen molar-refractivity contribution in [3.8, 4) is 10.4 Å². The van der Waals surface area contributed by atoms with Crippen molar-refractivity contribution in [3.63, 3.8) is 0 Å². The van der Waals surface area contributed by atoms with Crippen LogP contribution in [0.1, 0.15) is 15.2 Å².